The smallest absolute Gasteiger partial charge is 0.152 e. The second-order valence-corrected chi connectivity index (χ2v) is 2.38. The first-order chi connectivity index (χ1) is 4.24. The topological polar surface area (TPSA) is 17.8 Å². The summed E-state index contributed by atoms with van der Waals surface area (Å²) < 4.78 is 1.63. The van der Waals surface area contributed by atoms with Crippen molar-refractivity contribution in [3.05, 3.63) is 16.4 Å². The molecule has 0 bridgehead atoms. The third kappa shape index (κ3) is 1.37. The van der Waals surface area contributed by atoms with Crippen LogP contribution in [0, 0.1) is 0 Å². The van der Waals surface area contributed by atoms with Gasteiger partial charge in [-0.3, -0.25) is 4.68 Å². The van der Waals surface area contributed by atoms with Crippen LogP contribution in [0.3, 0.4) is 0 Å². The zero-order valence-electron chi connectivity index (χ0n) is 4.93. The lowest BCUT2D eigenvalue weighted by molar-refractivity contribution is 0.661. The Balaban J connectivity index is 3.01. The van der Waals surface area contributed by atoms with Gasteiger partial charge in [0.25, 0.3) is 0 Å². The van der Waals surface area contributed by atoms with E-state index in [0.29, 0.717) is 10.3 Å². The molecule has 0 aliphatic heterocycles. The summed E-state index contributed by atoms with van der Waals surface area (Å²) in [5, 5.41) is 4.91. The Kier molecular flexibility index (Phi) is 1.98. The van der Waals surface area contributed by atoms with Crippen molar-refractivity contribution in [2.45, 2.75) is 13.5 Å². The zero-order valence-corrected chi connectivity index (χ0v) is 6.45. The van der Waals surface area contributed by atoms with E-state index < -0.39 is 0 Å². The Labute approximate surface area is 63.4 Å². The summed E-state index contributed by atoms with van der Waals surface area (Å²) in [5.74, 6) is 0. The van der Waals surface area contributed by atoms with Gasteiger partial charge >= 0.3 is 0 Å². The summed E-state index contributed by atoms with van der Waals surface area (Å²) in [6.07, 6.45) is 0. The highest BCUT2D eigenvalue weighted by atomic mass is 35.5. The lowest BCUT2D eigenvalue weighted by Gasteiger charge is -1.92. The van der Waals surface area contributed by atoms with Crippen molar-refractivity contribution in [1.29, 1.82) is 0 Å². The maximum absolute atomic E-state index is 5.66. The van der Waals surface area contributed by atoms with Crippen LogP contribution < -0.4 is 0 Å². The molecule has 0 N–H and O–H groups in total. The van der Waals surface area contributed by atoms with Gasteiger partial charge in [0, 0.05) is 12.6 Å². The summed E-state index contributed by atoms with van der Waals surface area (Å²) in [7, 11) is 0. The van der Waals surface area contributed by atoms with Crippen molar-refractivity contribution in [3.8, 4) is 0 Å². The minimum absolute atomic E-state index is 0.446. The quantitative estimate of drug-likeness (QED) is 0.623. The first kappa shape index (κ1) is 6.90. The molecule has 0 aromatic carbocycles. The van der Waals surface area contributed by atoms with Crippen LogP contribution in [0.5, 0.6) is 0 Å². The number of rotatable bonds is 1. The van der Waals surface area contributed by atoms with Crippen molar-refractivity contribution >= 4 is 23.2 Å². The van der Waals surface area contributed by atoms with Gasteiger partial charge in [-0.25, -0.2) is 0 Å². The monoisotopic (exact) mass is 164 g/mol. The molecule has 1 aromatic heterocycles. The molecule has 0 saturated heterocycles. The van der Waals surface area contributed by atoms with Gasteiger partial charge in [0.15, 0.2) is 5.15 Å². The number of halogens is 2. The van der Waals surface area contributed by atoms with E-state index in [9.17, 15) is 0 Å². The predicted molar refractivity (Wildman–Crippen MR) is 37.9 cm³/mol. The van der Waals surface area contributed by atoms with E-state index in [1.807, 2.05) is 6.92 Å². The average Bonchev–Trinajstić information content (AvgIpc) is 2.10. The molecular formula is C5H6Cl2N2. The van der Waals surface area contributed by atoms with Gasteiger partial charge in [-0.05, 0) is 6.92 Å². The molecule has 0 aliphatic rings. The van der Waals surface area contributed by atoms with E-state index in [1.54, 1.807) is 10.7 Å². The molecule has 1 rings (SSSR count). The number of hydrogen-bond donors (Lipinski definition) is 0. The molecule has 9 heavy (non-hydrogen) atoms. The minimum atomic E-state index is 0.446. The fraction of sp³-hybridized carbons (Fsp3) is 0.400. The molecule has 2 nitrogen and oxygen atoms in total. The van der Waals surface area contributed by atoms with Gasteiger partial charge in [-0.1, -0.05) is 23.2 Å². The van der Waals surface area contributed by atoms with Crippen molar-refractivity contribution in [3.63, 3.8) is 0 Å². The van der Waals surface area contributed by atoms with E-state index in [-0.39, 0.29) is 0 Å². The van der Waals surface area contributed by atoms with Crippen molar-refractivity contribution < 1.29 is 0 Å². The molecule has 0 unspecified atom stereocenters. The fourth-order valence-corrected chi connectivity index (χ4v) is 1.10. The zero-order chi connectivity index (χ0) is 6.85. The maximum atomic E-state index is 5.66. The Hall–Kier alpha value is -0.210. The van der Waals surface area contributed by atoms with Crippen molar-refractivity contribution in [2.24, 2.45) is 0 Å². The molecule has 0 radical (unpaired) electrons. The molecule has 0 saturated carbocycles. The van der Waals surface area contributed by atoms with Crippen LogP contribution in [-0.4, -0.2) is 9.78 Å². The standard InChI is InChI=1S/C5H6Cl2N2/c1-2-9-5(7)3-4(6)8-9/h3H,2H2,1H3. The van der Waals surface area contributed by atoms with E-state index in [4.69, 9.17) is 23.2 Å². The molecule has 50 valence electrons. The van der Waals surface area contributed by atoms with E-state index in [2.05, 4.69) is 5.10 Å². The minimum Gasteiger partial charge on any atom is -0.253 e. The van der Waals surface area contributed by atoms with E-state index in [0.717, 1.165) is 6.54 Å². The average molecular weight is 165 g/mol. The second-order valence-electron chi connectivity index (χ2n) is 1.61. The van der Waals surface area contributed by atoms with E-state index >= 15 is 0 Å². The Bertz CT molecular complexity index is 207. The molecule has 1 heterocycles. The van der Waals surface area contributed by atoms with Crippen LogP contribution in [0.1, 0.15) is 6.92 Å². The number of nitrogens with zero attached hydrogens (tertiary/aromatic N) is 2. The number of aryl methyl sites for hydroxylation is 1. The van der Waals surface area contributed by atoms with Gasteiger partial charge in [0.1, 0.15) is 5.15 Å². The first-order valence-corrected chi connectivity index (χ1v) is 3.38. The van der Waals surface area contributed by atoms with Crippen LogP contribution in [0.2, 0.25) is 10.3 Å². The van der Waals surface area contributed by atoms with Crippen LogP contribution in [0.25, 0.3) is 0 Å². The summed E-state index contributed by atoms with van der Waals surface area (Å²) in [6, 6.07) is 1.62. The molecule has 0 fully saturated rings. The van der Waals surface area contributed by atoms with Crippen LogP contribution in [-0.2, 0) is 6.54 Å². The van der Waals surface area contributed by atoms with Crippen LogP contribution in [0.4, 0.5) is 0 Å². The number of aromatic nitrogens is 2. The van der Waals surface area contributed by atoms with Gasteiger partial charge in [0.05, 0.1) is 0 Å². The van der Waals surface area contributed by atoms with Gasteiger partial charge in [0.2, 0.25) is 0 Å². The third-order valence-electron chi connectivity index (χ3n) is 1.00. The Morgan fingerprint density at radius 2 is 2.33 bits per heavy atom. The number of hydrogen-bond acceptors (Lipinski definition) is 1. The highest BCUT2D eigenvalue weighted by Gasteiger charge is 1.99. The Morgan fingerprint density at radius 3 is 2.56 bits per heavy atom. The second kappa shape index (κ2) is 2.58. The third-order valence-corrected chi connectivity index (χ3v) is 1.49. The predicted octanol–water partition coefficient (Wildman–Crippen LogP) is 2.21. The highest BCUT2D eigenvalue weighted by Crippen LogP contribution is 2.13. The van der Waals surface area contributed by atoms with Crippen molar-refractivity contribution in [1.82, 2.24) is 9.78 Å². The maximum Gasteiger partial charge on any atom is 0.152 e. The van der Waals surface area contributed by atoms with Crippen LogP contribution in [0.15, 0.2) is 6.07 Å². The Morgan fingerprint density at radius 1 is 1.67 bits per heavy atom. The lowest BCUT2D eigenvalue weighted by Crippen LogP contribution is -1.94. The first-order valence-electron chi connectivity index (χ1n) is 2.63. The molecule has 1 aromatic rings. The highest BCUT2D eigenvalue weighted by molar-refractivity contribution is 6.33. The molecule has 4 heteroatoms. The van der Waals surface area contributed by atoms with E-state index in [1.165, 1.54) is 0 Å². The van der Waals surface area contributed by atoms with Crippen LogP contribution >= 0.6 is 23.2 Å². The summed E-state index contributed by atoms with van der Waals surface area (Å²) >= 11 is 11.2. The molecule has 0 spiro atoms. The molecular weight excluding hydrogens is 159 g/mol. The SMILES string of the molecule is CCn1nc(Cl)cc1Cl. The van der Waals surface area contributed by atoms with Gasteiger partial charge in [-0.15, -0.1) is 0 Å². The van der Waals surface area contributed by atoms with Gasteiger partial charge in [-0.2, -0.15) is 5.10 Å². The summed E-state index contributed by atoms with van der Waals surface area (Å²) in [6.45, 7) is 2.71. The van der Waals surface area contributed by atoms with Gasteiger partial charge < -0.3 is 0 Å². The normalized spacial score (nSPS) is 10.1. The van der Waals surface area contributed by atoms with Crippen molar-refractivity contribution in [2.75, 3.05) is 0 Å². The summed E-state index contributed by atoms with van der Waals surface area (Å²) in [4.78, 5) is 0. The fourth-order valence-electron chi connectivity index (χ4n) is 0.587. The summed E-state index contributed by atoms with van der Waals surface area (Å²) in [5.41, 5.74) is 0. The largest absolute Gasteiger partial charge is 0.253 e. The molecule has 0 atom stereocenters. The molecule has 0 amide bonds. The lowest BCUT2D eigenvalue weighted by atomic mass is 10.7. The molecule has 0 aliphatic carbocycles.